The largest absolute Gasteiger partial charge is 0.481 e. The Morgan fingerprint density at radius 1 is 1.21 bits per heavy atom. The van der Waals surface area contributed by atoms with Crippen LogP contribution in [0.2, 0.25) is 0 Å². The van der Waals surface area contributed by atoms with E-state index >= 15 is 0 Å². The highest BCUT2D eigenvalue weighted by Crippen LogP contribution is 2.22. The van der Waals surface area contributed by atoms with Crippen molar-refractivity contribution in [3.63, 3.8) is 0 Å². The van der Waals surface area contributed by atoms with Crippen LogP contribution in [0.1, 0.15) is 51.9 Å². The molecule has 0 saturated heterocycles. The standard InChI is InChI=1S/C14H26N2O3/c1-11(7-8-13(17)18)9-15-14(19)16-10-12-5-3-2-4-6-12/h11-12H,2-10H2,1H3,(H,17,18)(H2,15,16,19). The molecule has 1 unspecified atom stereocenters. The highest BCUT2D eigenvalue weighted by molar-refractivity contribution is 5.73. The Kier molecular flexibility index (Phi) is 7.30. The van der Waals surface area contributed by atoms with Gasteiger partial charge >= 0.3 is 12.0 Å². The average Bonchev–Trinajstić information content (AvgIpc) is 2.41. The second-order valence-corrected chi connectivity index (χ2v) is 5.63. The van der Waals surface area contributed by atoms with Gasteiger partial charge in [0.1, 0.15) is 0 Å². The summed E-state index contributed by atoms with van der Waals surface area (Å²) in [5.41, 5.74) is 0. The average molecular weight is 270 g/mol. The Bertz CT molecular complexity index is 288. The molecule has 5 nitrogen and oxygen atoms in total. The number of nitrogens with one attached hydrogen (secondary N) is 2. The highest BCUT2D eigenvalue weighted by atomic mass is 16.4. The Labute approximate surface area is 115 Å². The van der Waals surface area contributed by atoms with Crippen LogP contribution in [0.15, 0.2) is 0 Å². The van der Waals surface area contributed by atoms with Crippen LogP contribution in [0, 0.1) is 11.8 Å². The molecule has 0 radical (unpaired) electrons. The number of urea groups is 1. The van der Waals surface area contributed by atoms with Gasteiger partial charge in [-0.05, 0) is 31.1 Å². The molecule has 1 atom stereocenters. The zero-order valence-corrected chi connectivity index (χ0v) is 11.8. The molecule has 1 fully saturated rings. The van der Waals surface area contributed by atoms with Crippen molar-refractivity contribution in [2.45, 2.75) is 51.9 Å². The molecule has 0 aromatic heterocycles. The van der Waals surface area contributed by atoms with Gasteiger partial charge < -0.3 is 15.7 Å². The third-order valence-corrected chi connectivity index (χ3v) is 3.74. The van der Waals surface area contributed by atoms with Gasteiger partial charge in [-0.1, -0.05) is 26.2 Å². The summed E-state index contributed by atoms with van der Waals surface area (Å²) in [5, 5.41) is 14.3. The van der Waals surface area contributed by atoms with E-state index in [4.69, 9.17) is 5.11 Å². The molecule has 1 rings (SSSR count). The molecule has 0 bridgehead atoms. The molecule has 1 aliphatic carbocycles. The third-order valence-electron chi connectivity index (χ3n) is 3.74. The van der Waals surface area contributed by atoms with E-state index in [0.717, 1.165) is 6.54 Å². The van der Waals surface area contributed by atoms with E-state index in [9.17, 15) is 9.59 Å². The van der Waals surface area contributed by atoms with Crippen molar-refractivity contribution in [2.75, 3.05) is 13.1 Å². The fraction of sp³-hybridized carbons (Fsp3) is 0.857. The maximum Gasteiger partial charge on any atom is 0.314 e. The van der Waals surface area contributed by atoms with Crippen LogP contribution in [0.4, 0.5) is 4.79 Å². The smallest absolute Gasteiger partial charge is 0.314 e. The van der Waals surface area contributed by atoms with E-state index in [1.54, 1.807) is 0 Å². The molecule has 0 aliphatic heterocycles. The lowest BCUT2D eigenvalue weighted by Gasteiger charge is -2.22. The maximum absolute atomic E-state index is 11.6. The molecule has 1 saturated carbocycles. The first-order chi connectivity index (χ1) is 9.08. The lowest BCUT2D eigenvalue weighted by Crippen LogP contribution is -2.40. The lowest BCUT2D eigenvalue weighted by atomic mass is 9.89. The maximum atomic E-state index is 11.6. The molecule has 110 valence electrons. The predicted molar refractivity (Wildman–Crippen MR) is 74.0 cm³/mol. The van der Waals surface area contributed by atoms with Gasteiger partial charge in [0.25, 0.3) is 0 Å². The minimum atomic E-state index is -0.784. The van der Waals surface area contributed by atoms with E-state index in [-0.39, 0.29) is 18.4 Å². The van der Waals surface area contributed by atoms with E-state index in [1.807, 2.05) is 6.92 Å². The topological polar surface area (TPSA) is 78.4 Å². The summed E-state index contributed by atoms with van der Waals surface area (Å²) in [5.74, 6) is 0.0362. The molecule has 19 heavy (non-hydrogen) atoms. The summed E-state index contributed by atoms with van der Waals surface area (Å²) in [6, 6.07) is -0.132. The van der Waals surface area contributed by atoms with Gasteiger partial charge in [-0.25, -0.2) is 4.79 Å². The summed E-state index contributed by atoms with van der Waals surface area (Å²) in [4.78, 5) is 22.0. The van der Waals surface area contributed by atoms with Crippen molar-refractivity contribution in [3.8, 4) is 0 Å². The SMILES string of the molecule is CC(CCC(=O)O)CNC(=O)NCC1CCCCC1. The molecule has 0 heterocycles. The van der Waals surface area contributed by atoms with Gasteiger partial charge in [0.15, 0.2) is 0 Å². The lowest BCUT2D eigenvalue weighted by molar-refractivity contribution is -0.137. The quantitative estimate of drug-likeness (QED) is 0.664. The van der Waals surface area contributed by atoms with Gasteiger partial charge in [0, 0.05) is 19.5 Å². The first-order valence-electron chi connectivity index (χ1n) is 7.31. The summed E-state index contributed by atoms with van der Waals surface area (Å²) in [6.45, 7) is 3.24. The van der Waals surface area contributed by atoms with Crippen LogP contribution in [0.5, 0.6) is 0 Å². The molecule has 2 amide bonds. The number of carbonyl (C=O) groups excluding carboxylic acids is 1. The van der Waals surface area contributed by atoms with Gasteiger partial charge in [0.2, 0.25) is 0 Å². The summed E-state index contributed by atoms with van der Waals surface area (Å²) >= 11 is 0. The molecular formula is C14H26N2O3. The van der Waals surface area contributed by atoms with Crippen molar-refractivity contribution in [1.82, 2.24) is 10.6 Å². The molecule has 5 heteroatoms. The zero-order chi connectivity index (χ0) is 14.1. The minimum absolute atomic E-state index is 0.132. The van der Waals surface area contributed by atoms with Crippen molar-refractivity contribution < 1.29 is 14.7 Å². The number of carboxylic acids is 1. The Morgan fingerprint density at radius 3 is 2.53 bits per heavy atom. The van der Waals surface area contributed by atoms with Crippen LogP contribution in [-0.4, -0.2) is 30.2 Å². The number of rotatable bonds is 7. The van der Waals surface area contributed by atoms with Crippen LogP contribution in [0.25, 0.3) is 0 Å². The van der Waals surface area contributed by atoms with Crippen molar-refractivity contribution in [1.29, 1.82) is 0 Å². The summed E-state index contributed by atoms with van der Waals surface area (Å²) in [6.07, 6.45) is 7.07. The predicted octanol–water partition coefficient (Wildman–Crippen LogP) is 2.37. The van der Waals surface area contributed by atoms with E-state index in [2.05, 4.69) is 10.6 Å². The van der Waals surface area contributed by atoms with Crippen LogP contribution < -0.4 is 10.6 Å². The number of amides is 2. The van der Waals surface area contributed by atoms with Gasteiger partial charge in [-0.3, -0.25) is 4.79 Å². The number of hydrogen-bond donors (Lipinski definition) is 3. The van der Waals surface area contributed by atoms with Crippen LogP contribution in [-0.2, 0) is 4.79 Å². The second kappa shape index (κ2) is 8.77. The Hall–Kier alpha value is -1.26. The third kappa shape index (κ3) is 7.70. The van der Waals surface area contributed by atoms with Gasteiger partial charge in [-0.2, -0.15) is 0 Å². The summed E-state index contributed by atoms with van der Waals surface area (Å²) < 4.78 is 0. The second-order valence-electron chi connectivity index (χ2n) is 5.63. The molecule has 0 aromatic carbocycles. The zero-order valence-electron chi connectivity index (χ0n) is 11.8. The van der Waals surface area contributed by atoms with E-state index < -0.39 is 5.97 Å². The molecule has 0 spiro atoms. The first-order valence-corrected chi connectivity index (χ1v) is 7.31. The van der Waals surface area contributed by atoms with Crippen molar-refractivity contribution >= 4 is 12.0 Å². The first kappa shape index (κ1) is 15.8. The van der Waals surface area contributed by atoms with Gasteiger partial charge in [-0.15, -0.1) is 0 Å². The minimum Gasteiger partial charge on any atom is -0.481 e. The van der Waals surface area contributed by atoms with Crippen molar-refractivity contribution in [2.24, 2.45) is 11.8 Å². The Morgan fingerprint density at radius 2 is 1.89 bits per heavy atom. The number of carbonyl (C=O) groups is 2. The highest BCUT2D eigenvalue weighted by Gasteiger charge is 2.14. The number of carboxylic acid groups (broad SMARTS) is 1. The monoisotopic (exact) mass is 270 g/mol. The molecular weight excluding hydrogens is 244 g/mol. The fourth-order valence-electron chi connectivity index (χ4n) is 2.43. The summed E-state index contributed by atoms with van der Waals surface area (Å²) in [7, 11) is 0. The Balaban J connectivity index is 2.05. The normalized spacial score (nSPS) is 17.7. The fourth-order valence-corrected chi connectivity index (χ4v) is 2.43. The van der Waals surface area contributed by atoms with Crippen molar-refractivity contribution in [3.05, 3.63) is 0 Å². The van der Waals surface area contributed by atoms with E-state index in [0.29, 0.717) is 18.9 Å². The van der Waals surface area contributed by atoms with Crippen LogP contribution in [0.3, 0.4) is 0 Å². The molecule has 1 aliphatic rings. The van der Waals surface area contributed by atoms with Crippen LogP contribution >= 0.6 is 0 Å². The molecule has 0 aromatic rings. The number of aliphatic carboxylic acids is 1. The van der Waals surface area contributed by atoms with E-state index in [1.165, 1.54) is 32.1 Å². The molecule has 3 N–H and O–H groups in total. The van der Waals surface area contributed by atoms with Gasteiger partial charge in [0.05, 0.1) is 0 Å². The number of hydrogen-bond acceptors (Lipinski definition) is 2.